The second-order valence-electron chi connectivity index (χ2n) is 8.72. The highest BCUT2D eigenvalue weighted by Gasteiger charge is 2.35. The first-order chi connectivity index (χ1) is 14.1. The molecule has 1 heterocycles. The van der Waals surface area contributed by atoms with Gasteiger partial charge in [-0.15, -0.1) is 0 Å². The molecule has 2 saturated carbocycles. The molecule has 2 aliphatic rings. The van der Waals surface area contributed by atoms with Crippen molar-refractivity contribution in [3.05, 3.63) is 35.0 Å². The molecule has 0 radical (unpaired) electrons. The van der Waals surface area contributed by atoms with E-state index in [9.17, 15) is 22.0 Å². The Bertz CT molecular complexity index is 1080. The van der Waals surface area contributed by atoms with Gasteiger partial charge in [0.1, 0.15) is 0 Å². The van der Waals surface area contributed by atoms with Crippen molar-refractivity contribution >= 4 is 26.8 Å². The second-order valence-corrected chi connectivity index (χ2v) is 10.6. The number of nitrogens with one attached hydrogen (secondary N) is 2. The topological polar surface area (TPSA) is 80.2 Å². The van der Waals surface area contributed by atoms with E-state index in [1.54, 1.807) is 6.92 Å². The van der Waals surface area contributed by atoms with Crippen molar-refractivity contribution in [3.63, 3.8) is 0 Å². The van der Waals surface area contributed by atoms with Gasteiger partial charge in [-0.3, -0.25) is 4.79 Å². The van der Waals surface area contributed by atoms with Crippen molar-refractivity contribution < 1.29 is 22.0 Å². The van der Waals surface area contributed by atoms with E-state index >= 15 is 0 Å². The van der Waals surface area contributed by atoms with Crippen molar-refractivity contribution in [1.29, 1.82) is 0 Å². The van der Waals surface area contributed by atoms with Gasteiger partial charge in [-0.25, -0.2) is 21.9 Å². The third-order valence-electron chi connectivity index (χ3n) is 6.52. The van der Waals surface area contributed by atoms with Crippen LogP contribution in [0.4, 0.5) is 8.78 Å². The van der Waals surface area contributed by atoms with Crippen LogP contribution in [0.25, 0.3) is 10.9 Å². The van der Waals surface area contributed by atoms with E-state index in [0.717, 1.165) is 25.2 Å². The number of hydrogen-bond acceptors (Lipinski definition) is 3. The largest absolute Gasteiger partial charge is 0.349 e. The van der Waals surface area contributed by atoms with Crippen LogP contribution in [-0.2, 0) is 16.6 Å². The Balaban J connectivity index is 1.66. The van der Waals surface area contributed by atoms with Gasteiger partial charge in [-0.2, -0.15) is 0 Å². The molecule has 2 unspecified atom stereocenters. The number of benzene rings is 1. The molecule has 2 N–H and O–H groups in total. The molecule has 4 rings (SSSR count). The fourth-order valence-corrected chi connectivity index (χ4v) is 5.76. The van der Waals surface area contributed by atoms with Gasteiger partial charge in [-0.05, 0) is 50.2 Å². The minimum atomic E-state index is -3.42. The van der Waals surface area contributed by atoms with Crippen LogP contribution < -0.4 is 10.0 Å². The highest BCUT2D eigenvalue weighted by Crippen LogP contribution is 2.42. The number of aromatic nitrogens is 1. The minimum Gasteiger partial charge on any atom is -0.349 e. The third-order valence-corrected chi connectivity index (χ3v) is 7.25. The van der Waals surface area contributed by atoms with E-state index in [-0.39, 0.29) is 30.6 Å². The van der Waals surface area contributed by atoms with Gasteiger partial charge in [0.15, 0.2) is 11.6 Å². The number of carbonyl (C=O) groups excluding carboxylic acids is 1. The molecule has 0 saturated heterocycles. The maximum atomic E-state index is 14.7. The second kappa shape index (κ2) is 7.92. The van der Waals surface area contributed by atoms with Gasteiger partial charge in [-0.1, -0.05) is 12.8 Å². The monoisotopic (exact) mass is 439 g/mol. The summed E-state index contributed by atoms with van der Waals surface area (Å²) in [4.78, 5) is 13.2. The molecule has 2 aliphatic carbocycles. The summed E-state index contributed by atoms with van der Waals surface area (Å²) in [6, 6.07) is 2.54. The first-order valence-corrected chi connectivity index (χ1v) is 12.3. The first-order valence-electron chi connectivity index (χ1n) is 10.4. The van der Waals surface area contributed by atoms with Gasteiger partial charge >= 0.3 is 0 Å². The van der Waals surface area contributed by atoms with Crippen LogP contribution in [0.1, 0.15) is 48.2 Å². The molecule has 6 nitrogen and oxygen atoms in total. The summed E-state index contributed by atoms with van der Waals surface area (Å²) < 4.78 is 55.2. The van der Waals surface area contributed by atoms with Crippen LogP contribution in [-0.4, -0.2) is 37.7 Å². The average molecular weight is 440 g/mol. The van der Waals surface area contributed by atoms with Crippen molar-refractivity contribution in [2.24, 2.45) is 11.8 Å². The van der Waals surface area contributed by atoms with Gasteiger partial charge in [0.2, 0.25) is 10.0 Å². The summed E-state index contributed by atoms with van der Waals surface area (Å²) in [5.74, 6) is -1.02. The summed E-state index contributed by atoms with van der Waals surface area (Å²) in [5.41, 5.74) is 0.791. The van der Waals surface area contributed by atoms with Gasteiger partial charge in [0.05, 0.1) is 17.3 Å². The molecule has 2 bridgehead atoms. The SMILES string of the molecule is Cc1c(C(=O)NC2CC3CCC(C3)C2)c2ccc(F)c(F)c2n1CCNS(C)(=O)=O. The first kappa shape index (κ1) is 21.2. The molecule has 1 aromatic carbocycles. The molecule has 9 heteroatoms. The highest BCUT2D eigenvalue weighted by molar-refractivity contribution is 7.88. The van der Waals surface area contributed by atoms with Crippen molar-refractivity contribution in [1.82, 2.24) is 14.6 Å². The lowest BCUT2D eigenvalue weighted by molar-refractivity contribution is 0.0919. The molecular formula is C21H27F2N3O3S. The number of rotatable bonds is 6. The van der Waals surface area contributed by atoms with E-state index < -0.39 is 21.7 Å². The summed E-state index contributed by atoms with van der Waals surface area (Å²) in [7, 11) is -3.42. The number of halogens is 2. The molecule has 2 fully saturated rings. The van der Waals surface area contributed by atoms with E-state index in [1.807, 2.05) is 0 Å². The quantitative estimate of drug-likeness (QED) is 0.726. The van der Waals surface area contributed by atoms with Crippen LogP contribution >= 0.6 is 0 Å². The smallest absolute Gasteiger partial charge is 0.253 e. The predicted octanol–water partition coefficient (Wildman–Crippen LogP) is 3.09. The third kappa shape index (κ3) is 4.09. The molecule has 0 aliphatic heterocycles. The number of nitrogens with zero attached hydrogens (tertiary/aromatic N) is 1. The van der Waals surface area contributed by atoms with Gasteiger partial charge in [0, 0.05) is 30.2 Å². The van der Waals surface area contributed by atoms with E-state index in [1.165, 1.54) is 29.9 Å². The Morgan fingerprint density at radius 2 is 1.83 bits per heavy atom. The number of sulfonamides is 1. The van der Waals surface area contributed by atoms with Crippen LogP contribution in [0, 0.1) is 30.4 Å². The fourth-order valence-electron chi connectivity index (χ4n) is 5.30. The summed E-state index contributed by atoms with van der Waals surface area (Å²) in [6.07, 6.45) is 6.62. The Morgan fingerprint density at radius 1 is 1.17 bits per heavy atom. The average Bonchev–Trinajstić information content (AvgIpc) is 3.14. The van der Waals surface area contributed by atoms with Crippen LogP contribution in [0.2, 0.25) is 0 Å². The minimum absolute atomic E-state index is 0.00640. The molecule has 1 amide bonds. The lowest BCUT2D eigenvalue weighted by atomic mass is 9.85. The molecular weight excluding hydrogens is 412 g/mol. The van der Waals surface area contributed by atoms with Crippen molar-refractivity contribution in [2.75, 3.05) is 12.8 Å². The van der Waals surface area contributed by atoms with E-state index in [2.05, 4.69) is 10.0 Å². The Kier molecular flexibility index (Phi) is 5.61. The highest BCUT2D eigenvalue weighted by atomic mass is 32.2. The maximum absolute atomic E-state index is 14.7. The van der Waals surface area contributed by atoms with E-state index in [4.69, 9.17) is 0 Å². The van der Waals surface area contributed by atoms with Gasteiger partial charge in [0.25, 0.3) is 5.91 Å². The van der Waals surface area contributed by atoms with Crippen LogP contribution in [0.5, 0.6) is 0 Å². The summed E-state index contributed by atoms with van der Waals surface area (Å²) in [5, 5.41) is 3.45. The predicted molar refractivity (Wildman–Crippen MR) is 111 cm³/mol. The zero-order valence-corrected chi connectivity index (χ0v) is 18.0. The summed E-state index contributed by atoms with van der Waals surface area (Å²) in [6.45, 7) is 1.76. The Labute approximate surface area is 175 Å². The molecule has 164 valence electrons. The van der Waals surface area contributed by atoms with Crippen LogP contribution in [0.3, 0.4) is 0 Å². The number of carbonyl (C=O) groups is 1. The summed E-state index contributed by atoms with van der Waals surface area (Å²) >= 11 is 0. The Hall–Kier alpha value is -2.00. The molecule has 0 spiro atoms. The van der Waals surface area contributed by atoms with Crippen LogP contribution in [0.15, 0.2) is 12.1 Å². The lowest BCUT2D eigenvalue weighted by Crippen LogP contribution is -2.39. The number of fused-ring (bicyclic) bond motifs is 3. The maximum Gasteiger partial charge on any atom is 0.253 e. The lowest BCUT2D eigenvalue weighted by Gasteiger charge is -2.28. The number of amides is 1. The number of hydrogen-bond donors (Lipinski definition) is 2. The van der Waals surface area contributed by atoms with E-state index in [0.29, 0.717) is 28.5 Å². The molecule has 30 heavy (non-hydrogen) atoms. The normalized spacial score (nSPS) is 23.8. The van der Waals surface area contributed by atoms with Gasteiger partial charge < -0.3 is 9.88 Å². The fraction of sp³-hybridized carbons (Fsp3) is 0.571. The zero-order valence-electron chi connectivity index (χ0n) is 17.2. The Morgan fingerprint density at radius 3 is 2.47 bits per heavy atom. The zero-order chi connectivity index (χ0) is 21.6. The molecule has 2 aromatic rings. The van der Waals surface area contributed by atoms with Crippen molar-refractivity contribution in [2.45, 2.75) is 51.6 Å². The molecule has 1 aromatic heterocycles. The molecule has 2 atom stereocenters. The van der Waals surface area contributed by atoms with Crippen molar-refractivity contribution in [3.8, 4) is 0 Å². The standard InChI is InChI=1S/C21H27F2N3O3S/c1-12-18(21(27)25-15-10-13-3-4-14(9-13)11-15)16-5-6-17(22)19(23)20(16)26(12)8-7-24-30(2,28)29/h5-6,13-15,24H,3-4,7-11H2,1-2H3,(H,25,27).